The average Bonchev–Trinajstić information content (AvgIpc) is 2.58. The van der Waals surface area contributed by atoms with Crippen molar-refractivity contribution < 1.29 is 8.78 Å². The third kappa shape index (κ3) is 2.69. The molecule has 2 rings (SSSR count). The van der Waals surface area contributed by atoms with Crippen molar-refractivity contribution in [3.8, 4) is 0 Å². The number of hydrogen-bond donors (Lipinski definition) is 1. The third-order valence-electron chi connectivity index (χ3n) is 3.77. The minimum absolute atomic E-state index is 0.205. The van der Waals surface area contributed by atoms with Crippen LogP contribution in [-0.2, 0) is 0 Å². The first kappa shape index (κ1) is 13.8. The smallest absolute Gasteiger partial charge is 0.136 e. The fourth-order valence-electron chi connectivity index (χ4n) is 2.77. The van der Waals surface area contributed by atoms with Gasteiger partial charge in [0, 0.05) is 16.2 Å². The predicted octanol–water partition coefficient (Wildman–Crippen LogP) is 3.83. The first-order chi connectivity index (χ1) is 8.44. The summed E-state index contributed by atoms with van der Waals surface area (Å²) in [7, 11) is 1.94. The van der Waals surface area contributed by atoms with Crippen LogP contribution in [0.5, 0.6) is 0 Å². The van der Waals surface area contributed by atoms with E-state index < -0.39 is 0 Å². The average molecular weight is 271 g/mol. The highest BCUT2D eigenvalue weighted by atomic mass is 32.2. The zero-order valence-corrected chi connectivity index (χ0v) is 11.8. The van der Waals surface area contributed by atoms with Crippen molar-refractivity contribution in [2.45, 2.75) is 42.9 Å². The summed E-state index contributed by atoms with van der Waals surface area (Å²) in [5.41, 5.74) is 0.205. The Kier molecular flexibility index (Phi) is 3.97. The van der Waals surface area contributed by atoms with Crippen LogP contribution in [0, 0.1) is 17.0 Å². The van der Waals surface area contributed by atoms with Gasteiger partial charge in [0.15, 0.2) is 0 Å². The molecule has 2 atom stereocenters. The molecule has 4 heteroatoms. The second-order valence-corrected chi connectivity index (χ2v) is 6.81. The fourth-order valence-corrected chi connectivity index (χ4v) is 4.34. The van der Waals surface area contributed by atoms with E-state index in [-0.39, 0.29) is 17.0 Å². The molecule has 0 aliphatic heterocycles. The number of benzene rings is 1. The van der Waals surface area contributed by atoms with Crippen LogP contribution in [0.4, 0.5) is 8.78 Å². The lowest BCUT2D eigenvalue weighted by Crippen LogP contribution is -2.41. The molecule has 2 unspecified atom stereocenters. The molecule has 1 aliphatic rings. The van der Waals surface area contributed by atoms with Crippen LogP contribution in [0.1, 0.15) is 26.7 Å². The van der Waals surface area contributed by atoms with Gasteiger partial charge in [-0.05, 0) is 43.5 Å². The van der Waals surface area contributed by atoms with Gasteiger partial charge in [-0.1, -0.05) is 13.8 Å². The molecule has 0 amide bonds. The maximum Gasteiger partial charge on any atom is 0.136 e. The molecule has 0 spiro atoms. The van der Waals surface area contributed by atoms with Crippen LogP contribution >= 0.6 is 11.8 Å². The third-order valence-corrected chi connectivity index (χ3v) is 5.15. The van der Waals surface area contributed by atoms with Crippen molar-refractivity contribution >= 4 is 11.8 Å². The van der Waals surface area contributed by atoms with Crippen LogP contribution in [-0.4, -0.2) is 18.3 Å². The monoisotopic (exact) mass is 271 g/mol. The van der Waals surface area contributed by atoms with E-state index in [0.717, 1.165) is 18.9 Å². The molecule has 0 radical (unpaired) electrons. The molecule has 1 aromatic rings. The van der Waals surface area contributed by atoms with E-state index in [2.05, 4.69) is 19.2 Å². The second-order valence-electron chi connectivity index (χ2n) is 5.52. The molecule has 1 aromatic carbocycles. The van der Waals surface area contributed by atoms with Gasteiger partial charge in [0.25, 0.3) is 0 Å². The number of nitrogens with one attached hydrogen (secondary N) is 1. The van der Waals surface area contributed by atoms with Gasteiger partial charge in [-0.15, -0.1) is 11.8 Å². The molecule has 100 valence electrons. The molecule has 0 heterocycles. The summed E-state index contributed by atoms with van der Waals surface area (Å²) in [4.78, 5) is 0.415. The Balaban J connectivity index is 2.17. The molecule has 1 aliphatic carbocycles. The maximum absolute atomic E-state index is 13.6. The molecule has 1 nitrogen and oxygen atoms in total. The number of halogens is 2. The number of hydrogen-bond acceptors (Lipinski definition) is 2. The van der Waals surface area contributed by atoms with Gasteiger partial charge in [-0.2, -0.15) is 0 Å². The molecule has 0 saturated heterocycles. The highest BCUT2D eigenvalue weighted by Gasteiger charge is 2.41. The lowest BCUT2D eigenvalue weighted by Gasteiger charge is -2.30. The maximum atomic E-state index is 13.6. The first-order valence-electron chi connectivity index (χ1n) is 6.23. The number of rotatable bonds is 3. The fraction of sp³-hybridized carbons (Fsp3) is 0.571. The molecule has 0 bridgehead atoms. The summed E-state index contributed by atoms with van der Waals surface area (Å²) in [6.07, 6.45) is 2.13. The van der Waals surface area contributed by atoms with Crippen LogP contribution in [0.25, 0.3) is 0 Å². The summed E-state index contributed by atoms with van der Waals surface area (Å²) in [5.74, 6) is -0.710. The van der Waals surface area contributed by atoms with Crippen molar-refractivity contribution in [1.82, 2.24) is 5.32 Å². The zero-order chi connectivity index (χ0) is 13.3. The highest BCUT2D eigenvalue weighted by molar-refractivity contribution is 8.00. The first-order valence-corrected chi connectivity index (χ1v) is 7.11. The van der Waals surface area contributed by atoms with E-state index in [1.807, 2.05) is 7.05 Å². The van der Waals surface area contributed by atoms with Crippen LogP contribution in [0.2, 0.25) is 0 Å². The Morgan fingerprint density at radius 2 is 2.06 bits per heavy atom. The molecule has 1 saturated carbocycles. The summed E-state index contributed by atoms with van der Waals surface area (Å²) in [6.45, 7) is 4.44. The Bertz CT molecular complexity index is 434. The van der Waals surface area contributed by atoms with Crippen molar-refractivity contribution in [3.05, 3.63) is 29.8 Å². The Morgan fingerprint density at radius 3 is 2.72 bits per heavy atom. The van der Waals surface area contributed by atoms with E-state index in [0.29, 0.717) is 16.2 Å². The van der Waals surface area contributed by atoms with E-state index in [1.54, 1.807) is 0 Å². The summed E-state index contributed by atoms with van der Waals surface area (Å²) < 4.78 is 26.8. The van der Waals surface area contributed by atoms with Crippen LogP contribution in [0.3, 0.4) is 0 Å². The van der Waals surface area contributed by atoms with Gasteiger partial charge in [-0.25, -0.2) is 8.78 Å². The Labute approximate surface area is 111 Å². The Morgan fingerprint density at radius 1 is 1.33 bits per heavy atom. The molecule has 1 fully saturated rings. The summed E-state index contributed by atoms with van der Waals surface area (Å²) in [6, 6.07) is 3.97. The molecule has 18 heavy (non-hydrogen) atoms. The highest BCUT2D eigenvalue weighted by Crippen LogP contribution is 2.45. The van der Waals surface area contributed by atoms with Gasteiger partial charge in [0.2, 0.25) is 0 Å². The lowest BCUT2D eigenvalue weighted by atomic mass is 9.87. The molecule has 1 N–H and O–H groups in total. The van der Waals surface area contributed by atoms with Gasteiger partial charge in [0.1, 0.15) is 11.6 Å². The minimum atomic E-state index is -0.378. The van der Waals surface area contributed by atoms with Gasteiger partial charge in [0.05, 0.1) is 0 Å². The normalized spacial score (nSPS) is 26.5. The summed E-state index contributed by atoms with van der Waals surface area (Å²) in [5, 5.41) is 3.61. The van der Waals surface area contributed by atoms with E-state index in [1.165, 1.54) is 23.9 Å². The molecular weight excluding hydrogens is 252 g/mol. The van der Waals surface area contributed by atoms with Crippen molar-refractivity contribution in [2.75, 3.05) is 7.05 Å². The van der Waals surface area contributed by atoms with E-state index >= 15 is 0 Å². The lowest BCUT2D eigenvalue weighted by molar-refractivity contribution is 0.300. The molecular formula is C14H19F2NS. The van der Waals surface area contributed by atoms with Gasteiger partial charge in [-0.3, -0.25) is 0 Å². The SMILES string of the molecule is CNC1C(Sc2cc(F)ccc2F)CCC1(C)C. The second kappa shape index (κ2) is 5.17. The van der Waals surface area contributed by atoms with Crippen molar-refractivity contribution in [1.29, 1.82) is 0 Å². The van der Waals surface area contributed by atoms with Gasteiger partial charge >= 0.3 is 0 Å². The van der Waals surface area contributed by atoms with Crippen LogP contribution in [0.15, 0.2) is 23.1 Å². The van der Waals surface area contributed by atoms with E-state index in [4.69, 9.17) is 0 Å². The largest absolute Gasteiger partial charge is 0.315 e. The predicted molar refractivity (Wildman–Crippen MR) is 71.9 cm³/mol. The number of thioether (sulfide) groups is 1. The standard InChI is InChI=1S/C14H19F2NS/c1-14(2)7-6-11(13(14)17-3)18-12-8-9(15)4-5-10(12)16/h4-5,8,11,13,17H,6-7H2,1-3H3. The zero-order valence-electron chi connectivity index (χ0n) is 11.0. The topological polar surface area (TPSA) is 12.0 Å². The van der Waals surface area contributed by atoms with Gasteiger partial charge < -0.3 is 5.32 Å². The van der Waals surface area contributed by atoms with Crippen LogP contribution < -0.4 is 5.32 Å². The van der Waals surface area contributed by atoms with Crippen molar-refractivity contribution in [3.63, 3.8) is 0 Å². The van der Waals surface area contributed by atoms with E-state index in [9.17, 15) is 8.78 Å². The Hall–Kier alpha value is -0.610. The molecule has 0 aromatic heterocycles. The quantitative estimate of drug-likeness (QED) is 0.896. The summed E-state index contributed by atoms with van der Waals surface area (Å²) >= 11 is 1.45. The van der Waals surface area contributed by atoms with Crippen molar-refractivity contribution in [2.24, 2.45) is 5.41 Å². The minimum Gasteiger partial charge on any atom is -0.315 e.